The quantitative estimate of drug-likeness (QED) is 0.846. The molecular weight excluding hydrogens is 266 g/mol. The highest BCUT2D eigenvalue weighted by molar-refractivity contribution is 5.93. The van der Waals surface area contributed by atoms with Crippen molar-refractivity contribution < 1.29 is 14.6 Å². The van der Waals surface area contributed by atoms with Crippen LogP contribution in [0.4, 0.5) is 5.69 Å². The predicted molar refractivity (Wildman–Crippen MR) is 83.4 cm³/mol. The van der Waals surface area contributed by atoms with Crippen LogP contribution in [0.2, 0.25) is 0 Å². The second-order valence-electron chi connectivity index (χ2n) is 6.15. The molecule has 0 aliphatic heterocycles. The highest BCUT2D eigenvalue weighted by Gasteiger charge is 2.31. The number of rotatable bonds is 6. The number of nitrogens with one attached hydrogen (secondary N) is 1. The van der Waals surface area contributed by atoms with Gasteiger partial charge in [0.05, 0.1) is 18.6 Å². The van der Waals surface area contributed by atoms with E-state index in [0.29, 0.717) is 12.5 Å². The molecule has 2 rings (SSSR count). The van der Waals surface area contributed by atoms with Crippen molar-refractivity contribution in [3.8, 4) is 5.75 Å². The molecule has 4 nitrogen and oxygen atoms in total. The van der Waals surface area contributed by atoms with Crippen molar-refractivity contribution >= 4 is 11.6 Å². The Morgan fingerprint density at radius 3 is 2.90 bits per heavy atom. The van der Waals surface area contributed by atoms with E-state index in [-0.39, 0.29) is 11.8 Å². The summed E-state index contributed by atoms with van der Waals surface area (Å²) in [6.07, 6.45) is 2.90. The Labute approximate surface area is 126 Å². The van der Waals surface area contributed by atoms with Gasteiger partial charge < -0.3 is 15.2 Å². The lowest BCUT2D eigenvalue weighted by molar-refractivity contribution is -0.122. The minimum absolute atomic E-state index is 0.0978. The van der Waals surface area contributed by atoms with E-state index in [2.05, 4.69) is 19.2 Å². The molecule has 1 aliphatic rings. The third kappa shape index (κ3) is 4.74. The van der Waals surface area contributed by atoms with Gasteiger partial charge in [0.2, 0.25) is 5.91 Å². The molecule has 0 saturated heterocycles. The minimum atomic E-state index is -0.504. The lowest BCUT2D eigenvalue weighted by atomic mass is 10.1. The number of carbonyl (C=O) groups excluding carboxylic acids is 1. The van der Waals surface area contributed by atoms with Gasteiger partial charge >= 0.3 is 0 Å². The Morgan fingerprint density at radius 1 is 1.43 bits per heavy atom. The van der Waals surface area contributed by atoms with Gasteiger partial charge in [0.15, 0.2) is 0 Å². The Morgan fingerprint density at radius 2 is 2.24 bits per heavy atom. The molecule has 2 N–H and O–H groups in total. The SMILES string of the molecule is CC(C)CCOc1cccc(NC(=O)C2CCCC2O)c1. The molecule has 1 aromatic carbocycles. The van der Waals surface area contributed by atoms with E-state index in [4.69, 9.17) is 4.74 Å². The fraction of sp³-hybridized carbons (Fsp3) is 0.588. The third-order valence-corrected chi connectivity index (χ3v) is 3.88. The maximum absolute atomic E-state index is 12.1. The molecule has 0 bridgehead atoms. The lowest BCUT2D eigenvalue weighted by Gasteiger charge is -2.15. The second-order valence-corrected chi connectivity index (χ2v) is 6.15. The number of hydrogen-bond donors (Lipinski definition) is 2. The van der Waals surface area contributed by atoms with Crippen molar-refractivity contribution in [3.05, 3.63) is 24.3 Å². The van der Waals surface area contributed by atoms with E-state index in [9.17, 15) is 9.90 Å². The normalized spacial score (nSPS) is 21.5. The van der Waals surface area contributed by atoms with Crippen molar-refractivity contribution in [1.82, 2.24) is 0 Å². The summed E-state index contributed by atoms with van der Waals surface area (Å²) < 4.78 is 5.68. The van der Waals surface area contributed by atoms with Gasteiger partial charge in [0, 0.05) is 11.8 Å². The first kappa shape index (κ1) is 15.8. The predicted octanol–water partition coefficient (Wildman–Crippen LogP) is 3.21. The molecule has 2 unspecified atom stereocenters. The number of hydrogen-bond acceptors (Lipinski definition) is 3. The highest BCUT2D eigenvalue weighted by atomic mass is 16.5. The summed E-state index contributed by atoms with van der Waals surface area (Å²) in [4.78, 5) is 12.1. The summed E-state index contributed by atoms with van der Waals surface area (Å²) in [5.74, 6) is 0.993. The molecule has 2 atom stereocenters. The van der Waals surface area contributed by atoms with Crippen LogP contribution in [0.25, 0.3) is 0 Å². The number of aliphatic hydroxyl groups is 1. The molecule has 116 valence electrons. The summed E-state index contributed by atoms with van der Waals surface area (Å²) in [5.41, 5.74) is 0.723. The number of carbonyl (C=O) groups is 1. The minimum Gasteiger partial charge on any atom is -0.494 e. The average Bonchev–Trinajstić information content (AvgIpc) is 2.85. The van der Waals surface area contributed by atoms with Gasteiger partial charge in [-0.25, -0.2) is 0 Å². The van der Waals surface area contributed by atoms with E-state index >= 15 is 0 Å². The number of benzene rings is 1. The van der Waals surface area contributed by atoms with Crippen LogP contribution in [0.1, 0.15) is 39.5 Å². The summed E-state index contributed by atoms with van der Waals surface area (Å²) >= 11 is 0. The van der Waals surface area contributed by atoms with Crippen LogP contribution in [0.15, 0.2) is 24.3 Å². The van der Waals surface area contributed by atoms with Crippen molar-refractivity contribution in [3.63, 3.8) is 0 Å². The zero-order valence-electron chi connectivity index (χ0n) is 12.8. The molecule has 1 aromatic rings. The van der Waals surface area contributed by atoms with Gasteiger partial charge in [-0.15, -0.1) is 0 Å². The Hall–Kier alpha value is -1.55. The fourth-order valence-electron chi connectivity index (χ4n) is 2.56. The molecule has 0 aromatic heterocycles. The van der Waals surface area contributed by atoms with Crippen LogP contribution < -0.4 is 10.1 Å². The van der Waals surface area contributed by atoms with Crippen LogP contribution in [0.3, 0.4) is 0 Å². The van der Waals surface area contributed by atoms with E-state index in [0.717, 1.165) is 37.1 Å². The zero-order chi connectivity index (χ0) is 15.2. The maximum Gasteiger partial charge on any atom is 0.230 e. The zero-order valence-corrected chi connectivity index (χ0v) is 12.8. The standard InChI is InChI=1S/C17H25NO3/c1-12(2)9-10-21-14-6-3-5-13(11-14)18-17(20)15-7-4-8-16(15)19/h3,5-6,11-12,15-16,19H,4,7-10H2,1-2H3,(H,18,20). The van der Waals surface area contributed by atoms with Gasteiger partial charge in [-0.2, -0.15) is 0 Å². The van der Waals surface area contributed by atoms with Crippen LogP contribution in [-0.2, 0) is 4.79 Å². The summed E-state index contributed by atoms with van der Waals surface area (Å²) in [5, 5.41) is 12.6. The third-order valence-electron chi connectivity index (χ3n) is 3.88. The molecule has 1 fully saturated rings. The Kier molecular flexibility index (Phi) is 5.62. The summed E-state index contributed by atoms with van der Waals surface area (Å²) in [6, 6.07) is 7.43. The summed E-state index contributed by atoms with van der Waals surface area (Å²) in [6.45, 7) is 5.00. The number of aliphatic hydroxyl groups excluding tert-OH is 1. The molecule has 1 amide bonds. The van der Waals surface area contributed by atoms with E-state index < -0.39 is 6.10 Å². The largest absolute Gasteiger partial charge is 0.494 e. The molecule has 1 aliphatic carbocycles. The average molecular weight is 291 g/mol. The van der Waals surface area contributed by atoms with Crippen LogP contribution >= 0.6 is 0 Å². The Bertz CT molecular complexity index is 473. The fourth-order valence-corrected chi connectivity index (χ4v) is 2.56. The van der Waals surface area contributed by atoms with Crippen molar-refractivity contribution in [2.45, 2.75) is 45.6 Å². The molecule has 21 heavy (non-hydrogen) atoms. The van der Waals surface area contributed by atoms with Gasteiger partial charge in [-0.05, 0) is 43.7 Å². The van der Waals surface area contributed by atoms with Gasteiger partial charge in [-0.1, -0.05) is 19.9 Å². The summed E-state index contributed by atoms with van der Waals surface area (Å²) in [7, 11) is 0. The smallest absolute Gasteiger partial charge is 0.230 e. The molecular formula is C17H25NO3. The van der Waals surface area contributed by atoms with Gasteiger partial charge in [-0.3, -0.25) is 4.79 Å². The van der Waals surface area contributed by atoms with E-state index in [1.165, 1.54) is 0 Å². The van der Waals surface area contributed by atoms with Crippen molar-refractivity contribution in [2.24, 2.45) is 11.8 Å². The molecule has 0 heterocycles. The van der Waals surface area contributed by atoms with Crippen molar-refractivity contribution in [1.29, 1.82) is 0 Å². The van der Waals surface area contributed by atoms with Crippen LogP contribution in [0, 0.1) is 11.8 Å². The monoisotopic (exact) mass is 291 g/mol. The first-order valence-corrected chi connectivity index (χ1v) is 7.78. The first-order valence-electron chi connectivity index (χ1n) is 7.78. The molecule has 1 saturated carbocycles. The van der Waals surface area contributed by atoms with Gasteiger partial charge in [0.25, 0.3) is 0 Å². The molecule has 0 spiro atoms. The Balaban J connectivity index is 1.89. The maximum atomic E-state index is 12.1. The topological polar surface area (TPSA) is 58.6 Å². The number of ether oxygens (including phenoxy) is 1. The van der Waals surface area contributed by atoms with E-state index in [1.807, 2.05) is 24.3 Å². The first-order chi connectivity index (χ1) is 10.1. The molecule has 0 radical (unpaired) electrons. The lowest BCUT2D eigenvalue weighted by Crippen LogP contribution is -2.28. The van der Waals surface area contributed by atoms with Gasteiger partial charge in [0.1, 0.15) is 5.75 Å². The van der Waals surface area contributed by atoms with Crippen LogP contribution in [0.5, 0.6) is 5.75 Å². The van der Waals surface area contributed by atoms with Crippen molar-refractivity contribution in [2.75, 3.05) is 11.9 Å². The number of anilines is 1. The van der Waals surface area contributed by atoms with E-state index in [1.54, 1.807) is 0 Å². The highest BCUT2D eigenvalue weighted by Crippen LogP contribution is 2.27. The molecule has 4 heteroatoms. The second kappa shape index (κ2) is 7.46. The number of amides is 1. The van der Waals surface area contributed by atoms with Crippen LogP contribution in [-0.4, -0.2) is 23.7 Å².